The predicted octanol–water partition coefficient (Wildman–Crippen LogP) is 3.27. The number of nitrogens with one attached hydrogen (secondary N) is 2. The van der Waals surface area contributed by atoms with Crippen LogP contribution in [0.5, 0.6) is 0 Å². The van der Waals surface area contributed by atoms with Crippen LogP contribution in [0.3, 0.4) is 0 Å². The molecular weight excluding hydrogens is 322 g/mol. The van der Waals surface area contributed by atoms with Crippen LogP contribution in [0.1, 0.15) is 11.3 Å². The highest BCUT2D eigenvalue weighted by molar-refractivity contribution is 7.99. The molecule has 0 aliphatic rings. The first kappa shape index (κ1) is 16.3. The Balaban J connectivity index is 1.71. The second-order valence-corrected chi connectivity index (χ2v) is 6.41. The highest BCUT2D eigenvalue weighted by atomic mass is 32.2. The first-order valence-corrected chi connectivity index (χ1v) is 8.51. The number of aromatic nitrogens is 2. The largest absolute Gasteiger partial charge is 0.325 e. The fourth-order valence-corrected chi connectivity index (χ4v) is 3.05. The van der Waals surface area contributed by atoms with E-state index in [1.54, 1.807) is 13.8 Å². The highest BCUT2D eigenvalue weighted by Crippen LogP contribution is 2.23. The molecule has 3 rings (SSSR count). The molecule has 0 aliphatic carbocycles. The lowest BCUT2D eigenvalue weighted by Crippen LogP contribution is -2.17. The quantitative estimate of drug-likeness (QED) is 0.565. The number of nitrogens with zero attached hydrogens (tertiary/aromatic N) is 1. The maximum Gasteiger partial charge on any atom is 0.254 e. The third kappa shape index (κ3) is 3.49. The summed E-state index contributed by atoms with van der Waals surface area (Å²) in [7, 11) is 0. The summed E-state index contributed by atoms with van der Waals surface area (Å²) in [5.74, 6) is 0.0338. The van der Waals surface area contributed by atoms with Gasteiger partial charge in [-0.1, -0.05) is 48.2 Å². The van der Waals surface area contributed by atoms with Gasteiger partial charge in [-0.2, -0.15) is 0 Å². The summed E-state index contributed by atoms with van der Waals surface area (Å²) in [6.07, 6.45) is 0. The molecule has 0 saturated heterocycles. The molecule has 0 saturated carbocycles. The van der Waals surface area contributed by atoms with Crippen molar-refractivity contribution >= 4 is 34.1 Å². The van der Waals surface area contributed by atoms with Gasteiger partial charge in [0.05, 0.1) is 5.75 Å². The minimum absolute atomic E-state index is 0.141. The van der Waals surface area contributed by atoms with E-state index >= 15 is 0 Å². The molecule has 2 aromatic carbocycles. The van der Waals surface area contributed by atoms with Crippen molar-refractivity contribution in [2.24, 2.45) is 0 Å². The molecule has 0 atom stereocenters. The van der Waals surface area contributed by atoms with Crippen LogP contribution in [0.4, 0.5) is 5.69 Å². The first-order chi connectivity index (χ1) is 11.5. The molecule has 6 heteroatoms. The van der Waals surface area contributed by atoms with E-state index < -0.39 is 0 Å². The summed E-state index contributed by atoms with van der Waals surface area (Å²) in [4.78, 5) is 30.9. The molecular formula is C18H17N3O2S. The second kappa shape index (κ2) is 6.88. The van der Waals surface area contributed by atoms with Crippen molar-refractivity contribution in [3.05, 3.63) is 64.1 Å². The minimum Gasteiger partial charge on any atom is -0.325 e. The fourth-order valence-electron chi connectivity index (χ4n) is 2.34. The molecule has 0 fully saturated rings. The number of aromatic amines is 1. The number of carbonyl (C=O) groups is 1. The lowest BCUT2D eigenvalue weighted by molar-refractivity contribution is -0.113. The Bertz CT molecular complexity index is 961. The molecule has 1 amide bonds. The van der Waals surface area contributed by atoms with Gasteiger partial charge in [0.15, 0.2) is 5.16 Å². The Morgan fingerprint density at radius 3 is 2.71 bits per heavy atom. The SMILES string of the molecule is Cc1nc(SCC(=O)Nc2cccc3ccccc23)[nH]c(=O)c1C. The average Bonchev–Trinajstić information content (AvgIpc) is 2.58. The topological polar surface area (TPSA) is 74.8 Å². The van der Waals surface area contributed by atoms with E-state index in [1.807, 2.05) is 42.5 Å². The zero-order chi connectivity index (χ0) is 17.1. The van der Waals surface area contributed by atoms with Crippen molar-refractivity contribution in [2.45, 2.75) is 19.0 Å². The molecule has 1 aromatic heterocycles. The van der Waals surface area contributed by atoms with E-state index in [9.17, 15) is 9.59 Å². The fraction of sp³-hybridized carbons (Fsp3) is 0.167. The van der Waals surface area contributed by atoms with E-state index in [1.165, 1.54) is 11.8 Å². The summed E-state index contributed by atoms with van der Waals surface area (Å²) in [5, 5.41) is 5.44. The summed E-state index contributed by atoms with van der Waals surface area (Å²) < 4.78 is 0. The van der Waals surface area contributed by atoms with Crippen LogP contribution in [0.2, 0.25) is 0 Å². The summed E-state index contributed by atoms with van der Waals surface area (Å²) in [6.45, 7) is 3.51. The van der Waals surface area contributed by atoms with E-state index in [0.717, 1.165) is 16.5 Å². The Morgan fingerprint density at radius 2 is 1.92 bits per heavy atom. The predicted molar refractivity (Wildman–Crippen MR) is 97.6 cm³/mol. The van der Waals surface area contributed by atoms with E-state index in [2.05, 4.69) is 15.3 Å². The molecule has 122 valence electrons. The molecule has 5 nitrogen and oxygen atoms in total. The number of H-pyrrole nitrogens is 1. The maximum absolute atomic E-state index is 12.2. The van der Waals surface area contributed by atoms with Gasteiger partial charge in [-0.25, -0.2) is 4.98 Å². The average molecular weight is 339 g/mol. The van der Waals surface area contributed by atoms with Gasteiger partial charge < -0.3 is 10.3 Å². The summed E-state index contributed by atoms with van der Waals surface area (Å²) in [5.41, 5.74) is 1.88. The van der Waals surface area contributed by atoms with Gasteiger partial charge in [-0.05, 0) is 25.3 Å². The summed E-state index contributed by atoms with van der Waals surface area (Å²) >= 11 is 1.21. The molecule has 0 bridgehead atoms. The van der Waals surface area contributed by atoms with Crippen molar-refractivity contribution in [3.63, 3.8) is 0 Å². The maximum atomic E-state index is 12.2. The van der Waals surface area contributed by atoms with Gasteiger partial charge >= 0.3 is 0 Å². The van der Waals surface area contributed by atoms with E-state index in [-0.39, 0.29) is 17.2 Å². The number of benzene rings is 2. The van der Waals surface area contributed by atoms with Crippen LogP contribution in [0, 0.1) is 13.8 Å². The minimum atomic E-state index is -0.167. The van der Waals surface area contributed by atoms with Crippen molar-refractivity contribution in [1.29, 1.82) is 0 Å². The molecule has 24 heavy (non-hydrogen) atoms. The number of hydrogen-bond acceptors (Lipinski definition) is 4. The Hall–Kier alpha value is -2.60. The van der Waals surface area contributed by atoms with Gasteiger partial charge in [0.25, 0.3) is 5.56 Å². The van der Waals surface area contributed by atoms with Crippen LogP contribution in [-0.4, -0.2) is 21.6 Å². The van der Waals surface area contributed by atoms with Gasteiger partial charge in [0, 0.05) is 22.3 Å². The Kier molecular flexibility index (Phi) is 4.66. The second-order valence-electron chi connectivity index (χ2n) is 5.45. The number of amides is 1. The number of carbonyl (C=O) groups excluding carboxylic acids is 1. The third-order valence-electron chi connectivity index (χ3n) is 3.78. The van der Waals surface area contributed by atoms with E-state index in [0.29, 0.717) is 16.4 Å². The number of thioether (sulfide) groups is 1. The Labute approximate surface area is 143 Å². The monoisotopic (exact) mass is 339 g/mol. The normalized spacial score (nSPS) is 10.8. The van der Waals surface area contributed by atoms with Gasteiger partial charge in [-0.3, -0.25) is 9.59 Å². The van der Waals surface area contributed by atoms with Crippen molar-refractivity contribution in [2.75, 3.05) is 11.1 Å². The van der Waals surface area contributed by atoms with Gasteiger partial charge in [-0.15, -0.1) is 0 Å². The third-order valence-corrected chi connectivity index (χ3v) is 4.65. The number of hydrogen-bond donors (Lipinski definition) is 2. The summed E-state index contributed by atoms with van der Waals surface area (Å²) in [6, 6.07) is 13.7. The van der Waals surface area contributed by atoms with Crippen molar-refractivity contribution in [3.8, 4) is 0 Å². The molecule has 0 spiro atoms. The van der Waals surface area contributed by atoms with E-state index in [4.69, 9.17) is 0 Å². The number of anilines is 1. The van der Waals surface area contributed by atoms with Crippen LogP contribution in [0.25, 0.3) is 10.8 Å². The van der Waals surface area contributed by atoms with Crippen molar-refractivity contribution in [1.82, 2.24) is 9.97 Å². The molecule has 3 aromatic rings. The standard InChI is InChI=1S/C18H17N3O2S/c1-11-12(2)19-18(21-17(11)23)24-10-16(22)20-15-9-5-7-13-6-3-4-8-14(13)15/h3-9H,10H2,1-2H3,(H,20,22)(H,19,21,23). The van der Waals surface area contributed by atoms with Crippen LogP contribution in [0.15, 0.2) is 52.4 Å². The van der Waals surface area contributed by atoms with Crippen molar-refractivity contribution < 1.29 is 4.79 Å². The van der Waals surface area contributed by atoms with Crippen LogP contribution in [-0.2, 0) is 4.79 Å². The highest BCUT2D eigenvalue weighted by Gasteiger charge is 2.09. The molecule has 0 aliphatic heterocycles. The molecule has 0 radical (unpaired) electrons. The van der Waals surface area contributed by atoms with Gasteiger partial charge in [0.2, 0.25) is 5.91 Å². The number of aryl methyl sites for hydroxylation is 1. The molecule has 1 heterocycles. The molecule has 0 unspecified atom stereocenters. The Morgan fingerprint density at radius 1 is 1.17 bits per heavy atom. The lowest BCUT2D eigenvalue weighted by Gasteiger charge is -2.08. The molecule has 2 N–H and O–H groups in total. The lowest BCUT2D eigenvalue weighted by atomic mass is 10.1. The smallest absolute Gasteiger partial charge is 0.254 e. The zero-order valence-corrected chi connectivity index (χ0v) is 14.2. The first-order valence-electron chi connectivity index (χ1n) is 7.52. The van der Waals surface area contributed by atoms with Crippen LogP contribution < -0.4 is 10.9 Å². The van der Waals surface area contributed by atoms with Crippen LogP contribution >= 0.6 is 11.8 Å². The zero-order valence-electron chi connectivity index (χ0n) is 13.4. The van der Waals surface area contributed by atoms with Gasteiger partial charge in [0.1, 0.15) is 0 Å². The number of rotatable bonds is 4. The number of fused-ring (bicyclic) bond motifs is 1.